The molecule has 1 aliphatic rings. The molecule has 0 atom stereocenters. The van der Waals surface area contributed by atoms with Gasteiger partial charge in [-0.05, 0) is 30.9 Å². The number of thiazole rings is 1. The van der Waals surface area contributed by atoms with E-state index in [1.54, 1.807) is 4.57 Å². The van der Waals surface area contributed by atoms with E-state index >= 15 is 0 Å². The predicted octanol–water partition coefficient (Wildman–Crippen LogP) is 2.04. The Morgan fingerprint density at radius 2 is 2.28 bits per heavy atom. The van der Waals surface area contributed by atoms with Crippen LogP contribution in [-0.4, -0.2) is 16.6 Å². The van der Waals surface area contributed by atoms with Gasteiger partial charge in [0.2, 0.25) is 0 Å². The van der Waals surface area contributed by atoms with Crippen molar-refractivity contribution in [2.45, 2.75) is 19.3 Å². The summed E-state index contributed by atoms with van der Waals surface area (Å²) < 4.78 is 1.79. The second kappa shape index (κ2) is 4.24. The van der Waals surface area contributed by atoms with Crippen LogP contribution in [0, 0.1) is 0 Å². The van der Waals surface area contributed by atoms with Crippen molar-refractivity contribution in [3.63, 3.8) is 0 Å². The molecule has 0 unspecified atom stereocenters. The van der Waals surface area contributed by atoms with Crippen molar-refractivity contribution in [3.8, 4) is 11.3 Å². The summed E-state index contributed by atoms with van der Waals surface area (Å²) in [6.07, 6.45) is 3.23. The van der Waals surface area contributed by atoms with Gasteiger partial charge in [-0.2, -0.15) is 0 Å². The second-order valence-corrected chi connectivity index (χ2v) is 5.39. The highest BCUT2D eigenvalue weighted by molar-refractivity contribution is 7.14. The summed E-state index contributed by atoms with van der Waals surface area (Å²) in [5.41, 5.74) is 4.04. The first-order valence-corrected chi connectivity index (χ1v) is 6.94. The van der Waals surface area contributed by atoms with Crippen LogP contribution in [0.5, 0.6) is 0 Å². The average molecular weight is 261 g/mol. The lowest BCUT2D eigenvalue weighted by Crippen LogP contribution is -2.22. The fourth-order valence-electron chi connectivity index (χ4n) is 2.52. The van der Waals surface area contributed by atoms with Gasteiger partial charge in [0.05, 0.1) is 11.3 Å². The standard InChI is InChI=1S/C13H15N3OS/c1-14-13-15-10(7-18-13)9-6-8-4-3-5-11(8)16(2)12(9)17/h6-7H,3-5H2,1-2H3,(H,14,15). The van der Waals surface area contributed by atoms with E-state index in [-0.39, 0.29) is 5.56 Å². The van der Waals surface area contributed by atoms with Crippen LogP contribution in [0.2, 0.25) is 0 Å². The third-order valence-electron chi connectivity index (χ3n) is 3.48. The van der Waals surface area contributed by atoms with Crippen molar-refractivity contribution >= 4 is 16.5 Å². The molecule has 94 valence electrons. The Kier molecular flexibility index (Phi) is 2.70. The Balaban J connectivity index is 2.18. The average Bonchev–Trinajstić information content (AvgIpc) is 3.01. The normalized spacial score (nSPS) is 13.7. The quantitative estimate of drug-likeness (QED) is 0.900. The highest BCUT2D eigenvalue weighted by atomic mass is 32.1. The minimum absolute atomic E-state index is 0.0589. The van der Waals surface area contributed by atoms with Crippen LogP contribution >= 0.6 is 11.3 Å². The topological polar surface area (TPSA) is 46.9 Å². The highest BCUT2D eigenvalue weighted by Gasteiger charge is 2.19. The van der Waals surface area contributed by atoms with Crippen LogP contribution in [0.25, 0.3) is 11.3 Å². The summed E-state index contributed by atoms with van der Waals surface area (Å²) in [4.78, 5) is 16.8. The number of pyridine rings is 1. The number of hydrogen-bond donors (Lipinski definition) is 1. The van der Waals surface area contributed by atoms with Gasteiger partial charge in [-0.1, -0.05) is 0 Å². The number of rotatable bonds is 2. The van der Waals surface area contributed by atoms with Crippen molar-refractivity contribution in [2.75, 3.05) is 12.4 Å². The van der Waals surface area contributed by atoms with E-state index < -0.39 is 0 Å². The molecule has 5 heteroatoms. The van der Waals surface area contributed by atoms with Gasteiger partial charge in [-0.15, -0.1) is 11.3 Å². The van der Waals surface area contributed by atoms with Crippen LogP contribution in [-0.2, 0) is 19.9 Å². The van der Waals surface area contributed by atoms with Crippen LogP contribution in [0.15, 0.2) is 16.2 Å². The maximum absolute atomic E-state index is 12.3. The highest BCUT2D eigenvalue weighted by Crippen LogP contribution is 2.27. The molecule has 0 fully saturated rings. The van der Waals surface area contributed by atoms with Gasteiger partial charge in [0.15, 0.2) is 5.13 Å². The Morgan fingerprint density at radius 3 is 3.00 bits per heavy atom. The monoisotopic (exact) mass is 261 g/mol. The van der Waals surface area contributed by atoms with Crippen LogP contribution in [0.1, 0.15) is 17.7 Å². The van der Waals surface area contributed by atoms with Gasteiger partial charge >= 0.3 is 0 Å². The van der Waals surface area contributed by atoms with E-state index in [0.29, 0.717) is 0 Å². The number of nitrogens with one attached hydrogen (secondary N) is 1. The number of aromatic nitrogens is 2. The van der Waals surface area contributed by atoms with Gasteiger partial charge in [-0.25, -0.2) is 4.98 Å². The molecule has 0 bridgehead atoms. The van der Waals surface area contributed by atoms with E-state index in [0.717, 1.165) is 35.7 Å². The molecule has 2 aromatic rings. The van der Waals surface area contributed by atoms with Crippen molar-refractivity contribution in [1.29, 1.82) is 0 Å². The smallest absolute Gasteiger partial charge is 0.259 e. The lowest BCUT2D eigenvalue weighted by molar-refractivity contribution is 0.780. The number of hydrogen-bond acceptors (Lipinski definition) is 4. The third kappa shape index (κ3) is 1.66. The Bertz CT molecular complexity index is 657. The third-order valence-corrected chi connectivity index (χ3v) is 4.34. The molecule has 1 aliphatic carbocycles. The molecule has 0 amide bonds. The summed E-state index contributed by atoms with van der Waals surface area (Å²) in [5, 5.41) is 5.78. The molecule has 0 radical (unpaired) electrons. The molecule has 0 aliphatic heterocycles. The first-order chi connectivity index (χ1) is 8.70. The first kappa shape index (κ1) is 11.5. The second-order valence-electron chi connectivity index (χ2n) is 4.54. The molecule has 0 aromatic carbocycles. The molecule has 4 nitrogen and oxygen atoms in total. The van der Waals surface area contributed by atoms with Crippen molar-refractivity contribution in [2.24, 2.45) is 7.05 Å². The largest absolute Gasteiger partial charge is 0.365 e. The summed E-state index contributed by atoms with van der Waals surface area (Å²) in [6.45, 7) is 0. The molecule has 0 saturated carbocycles. The van der Waals surface area contributed by atoms with Crippen LogP contribution in [0.4, 0.5) is 5.13 Å². The Morgan fingerprint density at radius 1 is 1.44 bits per heavy atom. The van der Waals surface area contributed by atoms with Crippen LogP contribution in [0.3, 0.4) is 0 Å². The molecular formula is C13H15N3OS. The number of aryl methyl sites for hydroxylation is 1. The predicted molar refractivity (Wildman–Crippen MR) is 74.4 cm³/mol. The van der Waals surface area contributed by atoms with E-state index in [1.807, 2.05) is 25.5 Å². The van der Waals surface area contributed by atoms with Crippen LogP contribution < -0.4 is 10.9 Å². The fourth-order valence-corrected chi connectivity index (χ4v) is 3.20. The van der Waals surface area contributed by atoms with Crippen molar-refractivity contribution < 1.29 is 0 Å². The molecule has 2 heterocycles. The lowest BCUT2D eigenvalue weighted by Gasteiger charge is -2.08. The minimum atomic E-state index is 0.0589. The van der Waals surface area contributed by atoms with Crippen molar-refractivity contribution in [3.05, 3.63) is 33.1 Å². The zero-order valence-electron chi connectivity index (χ0n) is 10.5. The zero-order chi connectivity index (χ0) is 12.7. The summed E-state index contributed by atoms with van der Waals surface area (Å²) in [5.74, 6) is 0. The molecule has 1 N–H and O–H groups in total. The summed E-state index contributed by atoms with van der Waals surface area (Å²) in [7, 11) is 3.70. The number of anilines is 1. The van der Waals surface area contributed by atoms with E-state index in [4.69, 9.17) is 0 Å². The molecular weight excluding hydrogens is 246 g/mol. The zero-order valence-corrected chi connectivity index (χ0v) is 11.3. The fraction of sp³-hybridized carbons (Fsp3) is 0.385. The van der Waals surface area contributed by atoms with E-state index in [2.05, 4.69) is 10.3 Å². The minimum Gasteiger partial charge on any atom is -0.365 e. The summed E-state index contributed by atoms with van der Waals surface area (Å²) >= 11 is 1.52. The molecule has 3 rings (SSSR count). The van der Waals surface area contributed by atoms with E-state index in [9.17, 15) is 4.79 Å². The molecule has 2 aromatic heterocycles. The molecule has 18 heavy (non-hydrogen) atoms. The SMILES string of the molecule is CNc1nc(-c2cc3c(n(C)c2=O)CCC3)cs1. The number of fused-ring (bicyclic) bond motifs is 1. The molecule has 0 saturated heterocycles. The van der Waals surface area contributed by atoms with Gasteiger partial charge < -0.3 is 9.88 Å². The van der Waals surface area contributed by atoms with E-state index in [1.165, 1.54) is 22.6 Å². The van der Waals surface area contributed by atoms with Gasteiger partial charge in [0.25, 0.3) is 5.56 Å². The Labute approximate surface area is 109 Å². The van der Waals surface area contributed by atoms with Gasteiger partial charge in [0, 0.05) is 25.2 Å². The van der Waals surface area contributed by atoms with Crippen molar-refractivity contribution in [1.82, 2.24) is 9.55 Å². The molecule has 0 spiro atoms. The number of nitrogens with zero attached hydrogens (tertiary/aromatic N) is 2. The lowest BCUT2D eigenvalue weighted by atomic mass is 10.1. The van der Waals surface area contributed by atoms with Gasteiger partial charge in [0.1, 0.15) is 0 Å². The van der Waals surface area contributed by atoms with Gasteiger partial charge in [-0.3, -0.25) is 4.79 Å². The maximum Gasteiger partial charge on any atom is 0.259 e. The summed E-state index contributed by atoms with van der Waals surface area (Å²) in [6, 6.07) is 2.03. The Hall–Kier alpha value is -1.62. The maximum atomic E-state index is 12.3. The first-order valence-electron chi connectivity index (χ1n) is 6.06.